The van der Waals surface area contributed by atoms with Crippen LogP contribution in [0.25, 0.3) is 0 Å². The second-order valence-electron chi connectivity index (χ2n) is 5.01. The third-order valence-corrected chi connectivity index (χ3v) is 4.08. The summed E-state index contributed by atoms with van der Waals surface area (Å²) in [5.41, 5.74) is 1.33. The van der Waals surface area contributed by atoms with Crippen LogP contribution >= 0.6 is 15.9 Å². The molecule has 0 fully saturated rings. The molecule has 4 nitrogen and oxygen atoms in total. The molecule has 0 saturated heterocycles. The Hall–Kier alpha value is -1.59. The molecule has 1 aromatic carbocycles. The lowest BCUT2D eigenvalue weighted by Crippen LogP contribution is -2.26. The zero-order valence-corrected chi connectivity index (χ0v) is 13.4. The molecule has 0 aliphatic heterocycles. The Bertz CT molecular complexity index is 596. The van der Waals surface area contributed by atoms with Crippen LogP contribution in [0, 0.1) is 0 Å². The van der Waals surface area contributed by atoms with Gasteiger partial charge >= 0.3 is 5.97 Å². The SMILES string of the molecule is CC(CCc1ccco1)NCc1ccc(C(=O)O)cc1Br. The molecule has 5 heteroatoms. The molecule has 21 heavy (non-hydrogen) atoms. The van der Waals surface area contributed by atoms with Gasteiger partial charge in [-0.05, 0) is 43.2 Å². The van der Waals surface area contributed by atoms with E-state index in [1.165, 1.54) is 0 Å². The number of hydrogen-bond donors (Lipinski definition) is 2. The number of carbonyl (C=O) groups is 1. The van der Waals surface area contributed by atoms with Gasteiger partial charge < -0.3 is 14.8 Å². The van der Waals surface area contributed by atoms with Gasteiger partial charge in [-0.25, -0.2) is 4.79 Å². The maximum atomic E-state index is 10.9. The van der Waals surface area contributed by atoms with Crippen LogP contribution in [0.5, 0.6) is 0 Å². The molecule has 0 saturated carbocycles. The number of furan rings is 1. The smallest absolute Gasteiger partial charge is 0.335 e. The van der Waals surface area contributed by atoms with Crippen molar-refractivity contribution in [3.63, 3.8) is 0 Å². The molecule has 1 aromatic heterocycles. The van der Waals surface area contributed by atoms with Crippen LogP contribution in [0.3, 0.4) is 0 Å². The van der Waals surface area contributed by atoms with Crippen LogP contribution in [-0.4, -0.2) is 17.1 Å². The molecule has 0 spiro atoms. The Morgan fingerprint density at radius 3 is 2.86 bits per heavy atom. The quantitative estimate of drug-likeness (QED) is 0.795. The molecule has 0 aliphatic rings. The predicted octanol–water partition coefficient (Wildman–Crippen LogP) is 3.85. The molecule has 0 amide bonds. The monoisotopic (exact) mass is 351 g/mol. The first-order chi connectivity index (χ1) is 10.1. The Labute approximate surface area is 132 Å². The third kappa shape index (κ3) is 4.72. The minimum absolute atomic E-state index is 0.288. The van der Waals surface area contributed by atoms with Crippen molar-refractivity contribution in [1.29, 1.82) is 0 Å². The number of aryl methyl sites for hydroxylation is 1. The minimum atomic E-state index is -0.915. The summed E-state index contributed by atoms with van der Waals surface area (Å²) >= 11 is 3.42. The van der Waals surface area contributed by atoms with Crippen molar-refractivity contribution in [1.82, 2.24) is 5.32 Å². The average molecular weight is 352 g/mol. The number of hydrogen-bond acceptors (Lipinski definition) is 3. The molecule has 0 radical (unpaired) electrons. The van der Waals surface area contributed by atoms with Crippen molar-refractivity contribution < 1.29 is 14.3 Å². The van der Waals surface area contributed by atoms with E-state index < -0.39 is 5.97 Å². The number of carboxylic acids is 1. The molecule has 112 valence electrons. The van der Waals surface area contributed by atoms with Crippen molar-refractivity contribution in [3.8, 4) is 0 Å². The number of aromatic carboxylic acids is 1. The largest absolute Gasteiger partial charge is 0.478 e. The molecule has 1 atom stereocenters. The van der Waals surface area contributed by atoms with E-state index in [1.54, 1.807) is 18.4 Å². The molecule has 1 heterocycles. The maximum Gasteiger partial charge on any atom is 0.335 e. The van der Waals surface area contributed by atoms with Crippen LogP contribution in [0.1, 0.15) is 35.0 Å². The molecule has 0 bridgehead atoms. The van der Waals surface area contributed by atoms with Gasteiger partial charge in [-0.3, -0.25) is 0 Å². The standard InChI is InChI=1S/C16H18BrNO3/c1-11(4-7-14-3-2-8-21-14)18-10-13-6-5-12(16(19)20)9-15(13)17/h2-3,5-6,8-9,11,18H,4,7,10H2,1H3,(H,19,20). The molecule has 0 aliphatic carbocycles. The summed E-state index contributed by atoms with van der Waals surface area (Å²) in [5.74, 6) is 0.0812. The minimum Gasteiger partial charge on any atom is -0.478 e. The Balaban J connectivity index is 1.83. The fourth-order valence-corrected chi connectivity index (χ4v) is 2.54. The number of nitrogens with one attached hydrogen (secondary N) is 1. The van der Waals surface area contributed by atoms with Crippen LogP contribution in [0.4, 0.5) is 0 Å². The highest BCUT2D eigenvalue weighted by Crippen LogP contribution is 2.19. The van der Waals surface area contributed by atoms with Crippen molar-refractivity contribution in [2.75, 3.05) is 0 Å². The highest BCUT2D eigenvalue weighted by atomic mass is 79.9. The number of rotatable bonds is 7. The van der Waals surface area contributed by atoms with Gasteiger partial charge in [-0.2, -0.15) is 0 Å². The second-order valence-corrected chi connectivity index (χ2v) is 5.87. The van der Waals surface area contributed by atoms with Crippen molar-refractivity contribution in [2.24, 2.45) is 0 Å². The summed E-state index contributed by atoms with van der Waals surface area (Å²) in [6.07, 6.45) is 3.58. The van der Waals surface area contributed by atoms with Crippen LogP contribution < -0.4 is 5.32 Å². The Morgan fingerprint density at radius 2 is 2.24 bits per heavy atom. The number of halogens is 1. The summed E-state index contributed by atoms with van der Waals surface area (Å²) in [5, 5.41) is 12.4. The first-order valence-corrected chi connectivity index (χ1v) is 7.63. The molecule has 1 unspecified atom stereocenters. The van der Waals surface area contributed by atoms with Gasteiger partial charge in [-0.15, -0.1) is 0 Å². The Morgan fingerprint density at radius 1 is 1.43 bits per heavy atom. The van der Waals surface area contributed by atoms with E-state index in [2.05, 4.69) is 28.2 Å². The fraction of sp³-hybridized carbons (Fsp3) is 0.312. The van der Waals surface area contributed by atoms with Gasteiger partial charge in [-0.1, -0.05) is 22.0 Å². The van der Waals surface area contributed by atoms with E-state index in [9.17, 15) is 4.79 Å². The third-order valence-electron chi connectivity index (χ3n) is 3.34. The van der Waals surface area contributed by atoms with Gasteiger partial charge in [0.1, 0.15) is 5.76 Å². The predicted molar refractivity (Wildman–Crippen MR) is 84.4 cm³/mol. The fourth-order valence-electron chi connectivity index (χ4n) is 2.02. The molecule has 2 rings (SSSR count). The van der Waals surface area contributed by atoms with Crippen LogP contribution in [-0.2, 0) is 13.0 Å². The highest BCUT2D eigenvalue weighted by molar-refractivity contribution is 9.10. The first kappa shape index (κ1) is 15.8. The zero-order valence-electron chi connectivity index (χ0n) is 11.8. The van der Waals surface area contributed by atoms with E-state index in [1.807, 2.05) is 18.2 Å². The zero-order chi connectivity index (χ0) is 15.2. The van der Waals surface area contributed by atoms with Gasteiger partial charge in [0.25, 0.3) is 0 Å². The van der Waals surface area contributed by atoms with Crippen molar-refractivity contribution >= 4 is 21.9 Å². The normalized spacial score (nSPS) is 12.3. The summed E-state index contributed by atoms with van der Waals surface area (Å²) in [6.45, 7) is 2.82. The van der Waals surface area contributed by atoms with Crippen LogP contribution in [0.2, 0.25) is 0 Å². The maximum absolute atomic E-state index is 10.9. The highest BCUT2D eigenvalue weighted by Gasteiger charge is 2.08. The van der Waals surface area contributed by atoms with Crippen molar-refractivity contribution in [2.45, 2.75) is 32.4 Å². The second kappa shape index (κ2) is 7.43. The lowest BCUT2D eigenvalue weighted by Gasteiger charge is -2.14. The lowest BCUT2D eigenvalue weighted by molar-refractivity contribution is 0.0697. The summed E-state index contributed by atoms with van der Waals surface area (Å²) < 4.78 is 6.12. The van der Waals surface area contributed by atoms with Gasteiger partial charge in [0.05, 0.1) is 11.8 Å². The van der Waals surface area contributed by atoms with Gasteiger partial charge in [0, 0.05) is 23.5 Å². The lowest BCUT2D eigenvalue weighted by atomic mass is 10.1. The van der Waals surface area contributed by atoms with E-state index in [4.69, 9.17) is 9.52 Å². The number of carboxylic acid groups (broad SMARTS) is 1. The summed E-state index contributed by atoms with van der Waals surface area (Å²) in [7, 11) is 0. The van der Waals surface area contributed by atoms with E-state index in [-0.39, 0.29) is 5.56 Å². The summed E-state index contributed by atoms with van der Waals surface area (Å²) in [4.78, 5) is 10.9. The Kier molecular flexibility index (Phi) is 5.59. The van der Waals surface area contributed by atoms with Gasteiger partial charge in [0.2, 0.25) is 0 Å². The molecule has 2 aromatic rings. The van der Waals surface area contributed by atoms with E-state index in [0.29, 0.717) is 12.6 Å². The van der Waals surface area contributed by atoms with Gasteiger partial charge in [0.15, 0.2) is 0 Å². The summed E-state index contributed by atoms with van der Waals surface area (Å²) in [6, 6.07) is 9.31. The number of benzene rings is 1. The molecular weight excluding hydrogens is 334 g/mol. The molecular formula is C16H18BrNO3. The van der Waals surface area contributed by atoms with E-state index >= 15 is 0 Å². The average Bonchev–Trinajstić information content (AvgIpc) is 2.97. The van der Waals surface area contributed by atoms with Crippen LogP contribution in [0.15, 0.2) is 45.5 Å². The molecule has 2 N–H and O–H groups in total. The first-order valence-electron chi connectivity index (χ1n) is 6.83. The topological polar surface area (TPSA) is 62.5 Å². The van der Waals surface area contributed by atoms with E-state index in [0.717, 1.165) is 28.6 Å². The van der Waals surface area contributed by atoms with Crippen molar-refractivity contribution in [3.05, 3.63) is 58.0 Å².